The normalized spacial score (nSPS) is 10.9. The first-order valence-corrected chi connectivity index (χ1v) is 6.35. The monoisotopic (exact) mass is 279 g/mol. The molecule has 1 N–H and O–H groups in total. The Hall–Kier alpha value is -2.38. The van der Waals surface area contributed by atoms with E-state index in [4.69, 9.17) is 0 Å². The fraction of sp³-hybridized carbons (Fsp3) is 0.500. The highest BCUT2D eigenvalue weighted by atomic mass is 16.2. The summed E-state index contributed by atoms with van der Waals surface area (Å²) >= 11 is 0. The molecule has 0 saturated heterocycles. The summed E-state index contributed by atoms with van der Waals surface area (Å²) in [6.07, 6.45) is 2.26. The van der Waals surface area contributed by atoms with Gasteiger partial charge in [0.1, 0.15) is 6.54 Å². The number of imidazole rings is 1. The zero-order valence-electron chi connectivity index (χ0n) is 11.7. The molecule has 2 aromatic rings. The summed E-state index contributed by atoms with van der Waals surface area (Å²) in [6, 6.07) is 0. The molecule has 20 heavy (non-hydrogen) atoms. The van der Waals surface area contributed by atoms with Gasteiger partial charge in [-0.25, -0.2) is 14.3 Å². The molecule has 0 aliphatic rings. The lowest BCUT2D eigenvalue weighted by molar-refractivity contribution is -0.121. The molecule has 0 spiro atoms. The fourth-order valence-corrected chi connectivity index (χ4v) is 2.00. The molecule has 0 radical (unpaired) electrons. The van der Waals surface area contributed by atoms with Crippen LogP contribution in [0.5, 0.6) is 0 Å². The molecule has 2 aromatic heterocycles. The van der Waals surface area contributed by atoms with Crippen molar-refractivity contribution in [2.75, 3.05) is 6.54 Å². The highest BCUT2D eigenvalue weighted by Gasteiger charge is 2.16. The van der Waals surface area contributed by atoms with Gasteiger partial charge < -0.3 is 9.88 Å². The number of carbonyl (C=O) groups excluding carboxylic acids is 1. The molecule has 8 heteroatoms. The summed E-state index contributed by atoms with van der Waals surface area (Å²) in [5.41, 5.74) is -0.439. The van der Waals surface area contributed by atoms with Gasteiger partial charge in [0.25, 0.3) is 5.56 Å². The van der Waals surface area contributed by atoms with Gasteiger partial charge in [-0.15, -0.1) is 0 Å². The Morgan fingerprint density at radius 1 is 1.35 bits per heavy atom. The Balaban J connectivity index is 2.54. The van der Waals surface area contributed by atoms with Crippen LogP contribution in [0.4, 0.5) is 0 Å². The number of nitrogens with one attached hydrogen (secondary N) is 1. The number of aryl methyl sites for hydroxylation is 2. The van der Waals surface area contributed by atoms with Crippen LogP contribution in [0.15, 0.2) is 15.9 Å². The van der Waals surface area contributed by atoms with Gasteiger partial charge in [-0.05, 0) is 6.42 Å². The molecule has 0 unspecified atom stereocenters. The van der Waals surface area contributed by atoms with E-state index in [0.717, 1.165) is 11.0 Å². The second-order valence-corrected chi connectivity index (χ2v) is 4.61. The first kappa shape index (κ1) is 14.0. The second-order valence-electron chi connectivity index (χ2n) is 4.61. The number of rotatable bonds is 4. The van der Waals surface area contributed by atoms with Crippen LogP contribution >= 0.6 is 0 Å². The molecule has 0 aromatic carbocycles. The predicted molar refractivity (Wildman–Crippen MR) is 73.5 cm³/mol. The van der Waals surface area contributed by atoms with Crippen molar-refractivity contribution in [3.63, 3.8) is 0 Å². The molecule has 0 atom stereocenters. The van der Waals surface area contributed by atoms with Gasteiger partial charge in [0.05, 0.1) is 6.33 Å². The summed E-state index contributed by atoms with van der Waals surface area (Å²) in [5, 5.41) is 2.64. The van der Waals surface area contributed by atoms with Crippen LogP contribution in [-0.2, 0) is 25.4 Å². The fourth-order valence-electron chi connectivity index (χ4n) is 2.00. The van der Waals surface area contributed by atoms with Crippen LogP contribution in [-0.4, -0.2) is 31.1 Å². The number of hydrogen-bond donors (Lipinski definition) is 1. The lowest BCUT2D eigenvalue weighted by Crippen LogP contribution is -2.43. The van der Waals surface area contributed by atoms with Crippen LogP contribution in [0.2, 0.25) is 0 Å². The molecule has 0 bridgehead atoms. The summed E-state index contributed by atoms with van der Waals surface area (Å²) in [5.74, 6) is -0.354. The summed E-state index contributed by atoms with van der Waals surface area (Å²) in [4.78, 5) is 40.1. The van der Waals surface area contributed by atoms with E-state index < -0.39 is 11.2 Å². The lowest BCUT2D eigenvalue weighted by atomic mass is 10.4. The van der Waals surface area contributed by atoms with Crippen molar-refractivity contribution in [2.45, 2.75) is 19.9 Å². The Morgan fingerprint density at radius 3 is 2.70 bits per heavy atom. The minimum Gasteiger partial charge on any atom is -0.355 e. The standard InChI is InChI=1S/C12H17N5O3/c1-4-5-13-8(18)6-17-11(19)9-10(14-7-15(9)2)16(3)12(17)20/h7H,4-6H2,1-3H3,(H,13,18). The van der Waals surface area contributed by atoms with Gasteiger partial charge >= 0.3 is 5.69 Å². The van der Waals surface area contributed by atoms with Crippen LogP contribution in [0, 0.1) is 0 Å². The largest absolute Gasteiger partial charge is 0.355 e. The maximum atomic E-state index is 12.3. The second kappa shape index (κ2) is 5.32. The molecule has 2 rings (SSSR count). The van der Waals surface area contributed by atoms with Crippen LogP contribution in [0.25, 0.3) is 11.2 Å². The number of hydrogen-bond acceptors (Lipinski definition) is 4. The zero-order valence-corrected chi connectivity index (χ0v) is 11.7. The van der Waals surface area contributed by atoms with E-state index >= 15 is 0 Å². The molecule has 2 heterocycles. The number of amides is 1. The lowest BCUT2D eigenvalue weighted by Gasteiger charge is -2.08. The van der Waals surface area contributed by atoms with Crippen LogP contribution in [0.3, 0.4) is 0 Å². The molecule has 0 saturated carbocycles. The number of aromatic nitrogens is 4. The van der Waals surface area contributed by atoms with Gasteiger partial charge in [0.15, 0.2) is 11.2 Å². The SMILES string of the molecule is CCCNC(=O)Cn1c(=O)c2c(ncn2C)n(C)c1=O. The van der Waals surface area contributed by atoms with Crippen molar-refractivity contribution in [1.29, 1.82) is 0 Å². The van der Waals surface area contributed by atoms with Crippen molar-refractivity contribution in [3.8, 4) is 0 Å². The van der Waals surface area contributed by atoms with Gasteiger partial charge in [0.2, 0.25) is 5.91 Å². The van der Waals surface area contributed by atoms with Crippen LogP contribution < -0.4 is 16.6 Å². The van der Waals surface area contributed by atoms with E-state index in [1.807, 2.05) is 6.92 Å². The highest BCUT2D eigenvalue weighted by Crippen LogP contribution is 2.02. The maximum Gasteiger partial charge on any atom is 0.332 e. The minimum absolute atomic E-state index is 0.285. The first-order valence-electron chi connectivity index (χ1n) is 6.35. The molecule has 0 aliphatic carbocycles. The van der Waals surface area contributed by atoms with E-state index in [1.54, 1.807) is 7.05 Å². The number of fused-ring (bicyclic) bond motifs is 1. The Bertz CT molecular complexity index is 768. The third-order valence-electron chi connectivity index (χ3n) is 3.07. The zero-order chi connectivity index (χ0) is 14.9. The van der Waals surface area contributed by atoms with Gasteiger partial charge in [0, 0.05) is 20.6 Å². The van der Waals surface area contributed by atoms with Crippen LogP contribution in [0.1, 0.15) is 13.3 Å². The Kier molecular flexibility index (Phi) is 3.73. The molecule has 108 valence electrons. The number of nitrogens with zero attached hydrogens (tertiary/aromatic N) is 4. The summed E-state index contributed by atoms with van der Waals surface area (Å²) in [6.45, 7) is 2.15. The maximum absolute atomic E-state index is 12.3. The Morgan fingerprint density at radius 2 is 2.05 bits per heavy atom. The van der Waals surface area contributed by atoms with Crippen molar-refractivity contribution >= 4 is 17.1 Å². The summed E-state index contributed by atoms with van der Waals surface area (Å²) < 4.78 is 3.73. The molecular formula is C12H17N5O3. The predicted octanol–water partition coefficient (Wildman–Crippen LogP) is -1.04. The van der Waals surface area contributed by atoms with E-state index in [-0.39, 0.29) is 12.5 Å². The van der Waals surface area contributed by atoms with E-state index in [9.17, 15) is 14.4 Å². The Labute approximate surface area is 114 Å². The van der Waals surface area contributed by atoms with Crippen molar-refractivity contribution in [1.82, 2.24) is 24.0 Å². The topological polar surface area (TPSA) is 90.9 Å². The van der Waals surface area contributed by atoms with Gasteiger partial charge in [-0.3, -0.25) is 14.2 Å². The first-order chi connectivity index (χ1) is 9.47. The van der Waals surface area contributed by atoms with E-state index in [1.165, 1.54) is 22.5 Å². The minimum atomic E-state index is -0.548. The molecule has 0 fully saturated rings. The average Bonchev–Trinajstić information content (AvgIpc) is 2.81. The van der Waals surface area contributed by atoms with Gasteiger partial charge in [-0.1, -0.05) is 6.92 Å². The highest BCUT2D eigenvalue weighted by molar-refractivity contribution is 5.76. The average molecular weight is 279 g/mol. The molecule has 0 aliphatic heterocycles. The molecule has 8 nitrogen and oxygen atoms in total. The smallest absolute Gasteiger partial charge is 0.332 e. The molecule has 1 amide bonds. The van der Waals surface area contributed by atoms with E-state index in [0.29, 0.717) is 17.7 Å². The summed E-state index contributed by atoms with van der Waals surface area (Å²) in [7, 11) is 3.19. The van der Waals surface area contributed by atoms with Crippen molar-refractivity contribution < 1.29 is 4.79 Å². The van der Waals surface area contributed by atoms with Crippen molar-refractivity contribution in [2.24, 2.45) is 14.1 Å². The quantitative estimate of drug-likeness (QED) is 0.774. The van der Waals surface area contributed by atoms with E-state index in [2.05, 4.69) is 10.3 Å². The third-order valence-corrected chi connectivity index (χ3v) is 3.07. The third kappa shape index (κ3) is 2.24. The van der Waals surface area contributed by atoms with Gasteiger partial charge in [-0.2, -0.15) is 0 Å². The molecular weight excluding hydrogens is 262 g/mol. The van der Waals surface area contributed by atoms with Crippen molar-refractivity contribution in [3.05, 3.63) is 27.2 Å². The number of carbonyl (C=O) groups is 1.